The van der Waals surface area contributed by atoms with Crippen LogP contribution in [0.5, 0.6) is 0 Å². The predicted molar refractivity (Wildman–Crippen MR) is 102 cm³/mol. The lowest BCUT2D eigenvalue weighted by Crippen LogP contribution is -2.43. The van der Waals surface area contributed by atoms with Crippen molar-refractivity contribution in [2.45, 2.75) is 57.9 Å². The average molecular weight is 408 g/mol. The summed E-state index contributed by atoms with van der Waals surface area (Å²) in [5, 5.41) is 7.00. The summed E-state index contributed by atoms with van der Waals surface area (Å²) in [7, 11) is 1.87. The molecular formula is C16H33IN4. The van der Waals surface area contributed by atoms with Gasteiger partial charge in [0.15, 0.2) is 5.96 Å². The summed E-state index contributed by atoms with van der Waals surface area (Å²) in [6, 6.07) is 0.643. The average Bonchev–Trinajstić information content (AvgIpc) is 2.95. The van der Waals surface area contributed by atoms with Crippen molar-refractivity contribution >= 4 is 29.9 Å². The number of halogens is 1. The van der Waals surface area contributed by atoms with E-state index in [9.17, 15) is 0 Å². The molecule has 124 valence electrons. The number of likely N-dealkylation sites (tertiary alicyclic amines) is 1. The topological polar surface area (TPSA) is 39.7 Å². The van der Waals surface area contributed by atoms with Gasteiger partial charge in [0, 0.05) is 26.2 Å². The fourth-order valence-corrected chi connectivity index (χ4v) is 3.46. The molecule has 1 saturated heterocycles. The highest BCUT2D eigenvalue weighted by Crippen LogP contribution is 2.17. The molecular weight excluding hydrogens is 375 g/mol. The van der Waals surface area contributed by atoms with E-state index in [0.717, 1.165) is 18.4 Å². The van der Waals surface area contributed by atoms with E-state index in [-0.39, 0.29) is 24.0 Å². The summed E-state index contributed by atoms with van der Waals surface area (Å²) >= 11 is 0. The van der Waals surface area contributed by atoms with E-state index >= 15 is 0 Å². The Kier molecular flexibility index (Phi) is 9.64. The Labute approximate surface area is 147 Å². The third kappa shape index (κ3) is 7.17. The van der Waals surface area contributed by atoms with Crippen molar-refractivity contribution in [2.24, 2.45) is 10.9 Å². The Morgan fingerprint density at radius 2 is 1.95 bits per heavy atom. The quantitative estimate of drug-likeness (QED) is 0.318. The molecule has 4 nitrogen and oxygen atoms in total. The first-order valence-corrected chi connectivity index (χ1v) is 8.47. The Balaban J connectivity index is 0.00000220. The second-order valence-corrected chi connectivity index (χ2v) is 6.53. The van der Waals surface area contributed by atoms with Gasteiger partial charge in [0.25, 0.3) is 0 Å². The summed E-state index contributed by atoms with van der Waals surface area (Å²) in [6.45, 7) is 7.20. The molecule has 1 atom stereocenters. The number of hydrogen-bond donors (Lipinski definition) is 2. The Morgan fingerprint density at radius 1 is 1.19 bits per heavy atom. The van der Waals surface area contributed by atoms with Crippen LogP contribution in [0.4, 0.5) is 0 Å². The normalized spacial score (nSPS) is 24.7. The van der Waals surface area contributed by atoms with Crippen LogP contribution in [0.2, 0.25) is 0 Å². The summed E-state index contributed by atoms with van der Waals surface area (Å²) in [5.41, 5.74) is 0. The number of rotatable bonds is 5. The van der Waals surface area contributed by atoms with Gasteiger partial charge in [-0.3, -0.25) is 4.99 Å². The molecule has 2 aliphatic rings. The van der Waals surface area contributed by atoms with E-state index < -0.39 is 0 Å². The zero-order chi connectivity index (χ0) is 14.2. The summed E-state index contributed by atoms with van der Waals surface area (Å²) in [4.78, 5) is 6.94. The van der Waals surface area contributed by atoms with Crippen LogP contribution in [-0.2, 0) is 0 Å². The third-order valence-electron chi connectivity index (χ3n) is 4.60. The second kappa shape index (κ2) is 10.6. The molecule has 0 aromatic rings. The van der Waals surface area contributed by atoms with Crippen LogP contribution in [0.1, 0.15) is 51.9 Å². The van der Waals surface area contributed by atoms with Gasteiger partial charge in [-0.05, 0) is 51.1 Å². The smallest absolute Gasteiger partial charge is 0.191 e. The zero-order valence-corrected chi connectivity index (χ0v) is 16.1. The summed E-state index contributed by atoms with van der Waals surface area (Å²) in [5.74, 6) is 1.87. The van der Waals surface area contributed by atoms with E-state index in [2.05, 4.69) is 27.4 Å². The first kappa shape index (κ1) is 19.0. The molecule has 2 fully saturated rings. The number of aliphatic imine (C=N–C) groups is 1. The highest BCUT2D eigenvalue weighted by atomic mass is 127. The largest absolute Gasteiger partial charge is 0.356 e. The van der Waals surface area contributed by atoms with Crippen LogP contribution in [0, 0.1) is 5.92 Å². The van der Waals surface area contributed by atoms with Gasteiger partial charge in [0.1, 0.15) is 0 Å². The lowest BCUT2D eigenvalue weighted by atomic mass is 10.0. The molecule has 2 N–H and O–H groups in total. The second-order valence-electron chi connectivity index (χ2n) is 6.53. The van der Waals surface area contributed by atoms with Crippen LogP contribution in [0.25, 0.3) is 0 Å². The maximum Gasteiger partial charge on any atom is 0.191 e. The van der Waals surface area contributed by atoms with E-state index in [1.807, 2.05) is 7.05 Å². The van der Waals surface area contributed by atoms with Crippen LogP contribution in [-0.4, -0.2) is 50.1 Å². The molecule has 0 aromatic heterocycles. The fourth-order valence-electron chi connectivity index (χ4n) is 3.46. The minimum atomic E-state index is 0. The van der Waals surface area contributed by atoms with Gasteiger partial charge < -0.3 is 15.5 Å². The third-order valence-corrected chi connectivity index (χ3v) is 4.60. The maximum absolute atomic E-state index is 4.33. The first-order chi connectivity index (χ1) is 9.78. The van der Waals surface area contributed by atoms with Gasteiger partial charge in [0.05, 0.1) is 0 Å². The molecule has 1 unspecified atom stereocenters. The molecule has 0 aromatic carbocycles. The monoisotopic (exact) mass is 408 g/mol. The number of piperidine rings is 1. The maximum atomic E-state index is 4.33. The molecule has 0 amide bonds. The van der Waals surface area contributed by atoms with Crippen molar-refractivity contribution in [3.63, 3.8) is 0 Å². The van der Waals surface area contributed by atoms with E-state index in [0.29, 0.717) is 6.04 Å². The molecule has 1 saturated carbocycles. The van der Waals surface area contributed by atoms with Gasteiger partial charge in [-0.1, -0.05) is 19.8 Å². The van der Waals surface area contributed by atoms with Crippen LogP contribution < -0.4 is 10.6 Å². The van der Waals surface area contributed by atoms with Crippen molar-refractivity contribution in [1.82, 2.24) is 15.5 Å². The van der Waals surface area contributed by atoms with Crippen molar-refractivity contribution < 1.29 is 0 Å². The van der Waals surface area contributed by atoms with Gasteiger partial charge in [-0.25, -0.2) is 0 Å². The lowest BCUT2D eigenvalue weighted by Gasteiger charge is -2.30. The van der Waals surface area contributed by atoms with Crippen molar-refractivity contribution in [3.8, 4) is 0 Å². The van der Waals surface area contributed by atoms with Crippen molar-refractivity contribution in [3.05, 3.63) is 0 Å². The molecule has 1 aliphatic carbocycles. The summed E-state index contributed by atoms with van der Waals surface area (Å²) in [6.07, 6.45) is 9.31. The fraction of sp³-hybridized carbons (Fsp3) is 0.938. The number of hydrogen-bond acceptors (Lipinski definition) is 2. The predicted octanol–water partition coefficient (Wildman–Crippen LogP) is 2.83. The van der Waals surface area contributed by atoms with Gasteiger partial charge in [-0.2, -0.15) is 0 Å². The molecule has 1 aliphatic heterocycles. The minimum Gasteiger partial charge on any atom is -0.356 e. The van der Waals surface area contributed by atoms with Crippen LogP contribution in [0.15, 0.2) is 4.99 Å². The minimum absolute atomic E-state index is 0. The van der Waals surface area contributed by atoms with E-state index in [1.165, 1.54) is 64.6 Å². The lowest BCUT2D eigenvalue weighted by molar-refractivity contribution is 0.182. The van der Waals surface area contributed by atoms with Crippen LogP contribution >= 0.6 is 24.0 Å². The molecule has 5 heteroatoms. The van der Waals surface area contributed by atoms with Crippen molar-refractivity contribution in [1.29, 1.82) is 0 Å². The Hall–Kier alpha value is -0.0400. The highest BCUT2D eigenvalue weighted by molar-refractivity contribution is 14.0. The van der Waals surface area contributed by atoms with Crippen molar-refractivity contribution in [2.75, 3.05) is 33.2 Å². The molecule has 2 rings (SSSR count). The van der Waals surface area contributed by atoms with Gasteiger partial charge in [-0.15, -0.1) is 24.0 Å². The molecule has 21 heavy (non-hydrogen) atoms. The Bertz CT molecular complexity index is 303. The molecule has 0 spiro atoms. The van der Waals surface area contributed by atoms with E-state index in [4.69, 9.17) is 0 Å². The van der Waals surface area contributed by atoms with Crippen LogP contribution in [0.3, 0.4) is 0 Å². The van der Waals surface area contributed by atoms with E-state index in [1.54, 1.807) is 0 Å². The number of nitrogens with zero attached hydrogens (tertiary/aromatic N) is 2. The SMILES string of the molecule is CN=C(NCCCN1CCCC(C)C1)NC1CCCC1.I. The zero-order valence-electron chi connectivity index (χ0n) is 13.7. The summed E-state index contributed by atoms with van der Waals surface area (Å²) < 4.78 is 0. The molecule has 0 bridgehead atoms. The number of guanidine groups is 1. The standard InChI is InChI=1S/C16H32N4.HI/c1-14-7-5-11-20(13-14)12-6-10-18-16(17-2)19-15-8-3-4-9-15;/h14-15H,3-13H2,1-2H3,(H2,17,18,19);1H. The van der Waals surface area contributed by atoms with Gasteiger partial charge in [0.2, 0.25) is 0 Å². The van der Waals surface area contributed by atoms with Gasteiger partial charge >= 0.3 is 0 Å². The molecule has 0 radical (unpaired) electrons. The highest BCUT2D eigenvalue weighted by Gasteiger charge is 2.17. The molecule has 1 heterocycles. The number of nitrogens with one attached hydrogen (secondary N) is 2. The Morgan fingerprint density at radius 3 is 2.62 bits per heavy atom. The first-order valence-electron chi connectivity index (χ1n) is 8.47.